The first-order valence-corrected chi connectivity index (χ1v) is 4.54. The lowest BCUT2D eigenvalue weighted by atomic mass is 10.0. The summed E-state index contributed by atoms with van der Waals surface area (Å²) in [4.78, 5) is 6.55. The molecule has 0 aliphatic carbocycles. The average molecular weight is 166 g/mol. The first-order valence-electron chi connectivity index (χ1n) is 4.54. The third-order valence-electron chi connectivity index (χ3n) is 2.11. The second-order valence-corrected chi connectivity index (χ2v) is 4.09. The normalized spacial score (nSPS) is 18.0. The van der Waals surface area contributed by atoms with Crippen LogP contribution in [-0.2, 0) is 0 Å². The van der Waals surface area contributed by atoms with E-state index in [0.29, 0.717) is 0 Å². The summed E-state index contributed by atoms with van der Waals surface area (Å²) >= 11 is 0. The van der Waals surface area contributed by atoms with Gasteiger partial charge in [0.25, 0.3) is 0 Å². The van der Waals surface area contributed by atoms with E-state index in [1.165, 1.54) is 5.70 Å². The van der Waals surface area contributed by atoms with Crippen LogP contribution in [0.4, 0.5) is 0 Å². The second-order valence-electron chi connectivity index (χ2n) is 4.09. The maximum absolute atomic E-state index is 4.16. The van der Waals surface area contributed by atoms with Crippen LogP contribution < -0.4 is 0 Å². The predicted molar refractivity (Wildman–Crippen MR) is 53.3 cm³/mol. The van der Waals surface area contributed by atoms with Gasteiger partial charge in [0.1, 0.15) is 0 Å². The highest BCUT2D eigenvalue weighted by Gasteiger charge is 2.22. The fourth-order valence-corrected chi connectivity index (χ4v) is 1.44. The van der Waals surface area contributed by atoms with Gasteiger partial charge in [-0.1, -0.05) is 6.92 Å². The number of rotatable bonds is 1. The number of hydrogen-bond acceptors (Lipinski definition) is 2. The molecule has 0 unspecified atom stereocenters. The van der Waals surface area contributed by atoms with Crippen molar-refractivity contribution >= 4 is 6.21 Å². The summed E-state index contributed by atoms with van der Waals surface area (Å²) in [7, 11) is 0. The van der Waals surface area contributed by atoms with E-state index in [1.54, 1.807) is 0 Å². The van der Waals surface area contributed by atoms with Crippen molar-refractivity contribution < 1.29 is 0 Å². The summed E-state index contributed by atoms with van der Waals surface area (Å²) in [5.74, 6) is 0. The lowest BCUT2D eigenvalue weighted by molar-refractivity contribution is 0.204. The van der Waals surface area contributed by atoms with Crippen LogP contribution in [0.1, 0.15) is 34.1 Å². The van der Waals surface area contributed by atoms with Gasteiger partial charge in [-0.25, -0.2) is 0 Å². The number of aliphatic imine (C=N–C) groups is 1. The van der Waals surface area contributed by atoms with Crippen molar-refractivity contribution in [1.29, 1.82) is 0 Å². The molecule has 0 aromatic heterocycles. The van der Waals surface area contributed by atoms with Crippen LogP contribution in [0.3, 0.4) is 0 Å². The molecule has 0 atom stereocenters. The van der Waals surface area contributed by atoms with Crippen molar-refractivity contribution in [2.24, 2.45) is 4.99 Å². The minimum absolute atomic E-state index is 0.217. The van der Waals surface area contributed by atoms with Crippen LogP contribution in [-0.4, -0.2) is 23.2 Å². The predicted octanol–water partition coefficient (Wildman–Crippen LogP) is 2.42. The van der Waals surface area contributed by atoms with Gasteiger partial charge in [-0.2, -0.15) is 0 Å². The Morgan fingerprint density at radius 2 is 2.17 bits per heavy atom. The van der Waals surface area contributed by atoms with Crippen molar-refractivity contribution in [2.75, 3.05) is 6.54 Å². The number of hydrogen-bond donors (Lipinski definition) is 0. The van der Waals surface area contributed by atoms with Crippen LogP contribution in [0.25, 0.3) is 0 Å². The molecule has 1 heterocycles. The molecule has 2 heteroatoms. The molecule has 1 aliphatic rings. The van der Waals surface area contributed by atoms with E-state index in [1.807, 2.05) is 12.4 Å². The van der Waals surface area contributed by atoms with Crippen molar-refractivity contribution in [3.63, 3.8) is 0 Å². The molecule has 0 spiro atoms. The van der Waals surface area contributed by atoms with Gasteiger partial charge in [0.05, 0.1) is 6.54 Å². The topological polar surface area (TPSA) is 15.6 Å². The second kappa shape index (κ2) is 3.30. The van der Waals surface area contributed by atoms with Gasteiger partial charge in [-0.3, -0.25) is 4.99 Å². The quantitative estimate of drug-likeness (QED) is 0.584. The van der Waals surface area contributed by atoms with Gasteiger partial charge >= 0.3 is 0 Å². The van der Waals surface area contributed by atoms with E-state index in [-0.39, 0.29) is 5.54 Å². The van der Waals surface area contributed by atoms with Crippen LogP contribution in [0.2, 0.25) is 0 Å². The fourth-order valence-electron chi connectivity index (χ4n) is 1.44. The maximum atomic E-state index is 4.16. The molecular formula is C10H18N2. The lowest BCUT2D eigenvalue weighted by Gasteiger charge is -2.39. The molecule has 68 valence electrons. The molecule has 0 N–H and O–H groups in total. The van der Waals surface area contributed by atoms with E-state index in [9.17, 15) is 0 Å². The van der Waals surface area contributed by atoms with Gasteiger partial charge in [-0.15, -0.1) is 0 Å². The van der Waals surface area contributed by atoms with Gasteiger partial charge < -0.3 is 4.90 Å². The molecule has 0 radical (unpaired) electrons. The summed E-state index contributed by atoms with van der Waals surface area (Å²) in [6, 6.07) is 0. The summed E-state index contributed by atoms with van der Waals surface area (Å²) in [6.07, 6.45) is 4.99. The minimum atomic E-state index is 0.217. The Kier molecular flexibility index (Phi) is 2.55. The van der Waals surface area contributed by atoms with Gasteiger partial charge in [0.15, 0.2) is 0 Å². The Labute approximate surface area is 75.0 Å². The zero-order chi connectivity index (χ0) is 9.19. The van der Waals surface area contributed by atoms with E-state index in [4.69, 9.17) is 0 Å². The Bertz CT molecular complexity index is 208. The largest absolute Gasteiger partial charge is 0.363 e. The smallest absolute Gasteiger partial charge is 0.0535 e. The molecule has 0 aromatic carbocycles. The third-order valence-corrected chi connectivity index (χ3v) is 2.11. The lowest BCUT2D eigenvalue weighted by Crippen LogP contribution is -2.42. The highest BCUT2D eigenvalue weighted by Crippen LogP contribution is 2.22. The Morgan fingerprint density at radius 3 is 2.58 bits per heavy atom. The van der Waals surface area contributed by atoms with Crippen LogP contribution in [0.5, 0.6) is 0 Å². The fraction of sp³-hybridized carbons (Fsp3) is 0.700. The molecule has 12 heavy (non-hydrogen) atoms. The van der Waals surface area contributed by atoms with Crippen molar-refractivity contribution in [1.82, 2.24) is 4.90 Å². The molecule has 0 aromatic rings. The van der Waals surface area contributed by atoms with E-state index >= 15 is 0 Å². The monoisotopic (exact) mass is 166 g/mol. The molecule has 1 rings (SSSR count). The molecular weight excluding hydrogens is 148 g/mol. The Balaban J connectivity index is 2.79. The molecule has 0 saturated carbocycles. The third kappa shape index (κ3) is 1.87. The highest BCUT2D eigenvalue weighted by molar-refractivity contribution is 5.62. The molecule has 2 nitrogen and oxygen atoms in total. The average Bonchev–Trinajstić information content (AvgIpc) is 2.03. The summed E-state index contributed by atoms with van der Waals surface area (Å²) in [5.41, 5.74) is 1.55. The van der Waals surface area contributed by atoms with Crippen LogP contribution in [0.15, 0.2) is 16.9 Å². The van der Waals surface area contributed by atoms with Crippen molar-refractivity contribution in [3.8, 4) is 0 Å². The van der Waals surface area contributed by atoms with Crippen LogP contribution in [0, 0.1) is 0 Å². The minimum Gasteiger partial charge on any atom is -0.363 e. The molecule has 1 aliphatic heterocycles. The maximum Gasteiger partial charge on any atom is 0.0535 e. The zero-order valence-corrected chi connectivity index (χ0v) is 8.46. The highest BCUT2D eigenvalue weighted by atomic mass is 15.2. The first kappa shape index (κ1) is 9.30. The molecule has 0 saturated heterocycles. The Morgan fingerprint density at radius 1 is 1.50 bits per heavy atom. The van der Waals surface area contributed by atoms with Crippen molar-refractivity contribution in [3.05, 3.63) is 11.9 Å². The van der Waals surface area contributed by atoms with Gasteiger partial charge in [-0.05, 0) is 27.2 Å². The standard InChI is InChI=1S/C10H18N2/c1-5-9-8-11-6-7-12(9)10(2,3)4/h6,8H,5,7H2,1-4H3. The zero-order valence-electron chi connectivity index (χ0n) is 8.46. The molecule has 0 fully saturated rings. The van der Waals surface area contributed by atoms with Crippen molar-refractivity contribution in [2.45, 2.75) is 39.7 Å². The van der Waals surface area contributed by atoms with E-state index in [2.05, 4.69) is 37.6 Å². The summed E-state index contributed by atoms with van der Waals surface area (Å²) < 4.78 is 0. The van der Waals surface area contributed by atoms with Gasteiger partial charge in [0.2, 0.25) is 0 Å². The summed E-state index contributed by atoms with van der Waals surface area (Å²) in [5, 5.41) is 0. The van der Waals surface area contributed by atoms with E-state index < -0.39 is 0 Å². The Hall–Kier alpha value is -0.790. The number of nitrogens with zero attached hydrogens (tertiary/aromatic N) is 2. The van der Waals surface area contributed by atoms with E-state index in [0.717, 1.165) is 13.0 Å². The SMILES string of the molecule is CCC1=CN=CCN1C(C)(C)C. The first-order chi connectivity index (χ1) is 5.55. The summed E-state index contributed by atoms with van der Waals surface area (Å²) in [6.45, 7) is 9.82. The van der Waals surface area contributed by atoms with Gasteiger partial charge in [0, 0.05) is 23.7 Å². The number of allylic oxidation sites excluding steroid dienone is 1. The molecule has 0 bridgehead atoms. The molecule has 0 amide bonds. The van der Waals surface area contributed by atoms with Crippen LogP contribution >= 0.6 is 0 Å².